The molecular formula is C18H22F3N3O2. The molecule has 1 aliphatic rings. The third-order valence-corrected chi connectivity index (χ3v) is 4.36. The van der Waals surface area contributed by atoms with E-state index in [1.165, 1.54) is 30.6 Å². The summed E-state index contributed by atoms with van der Waals surface area (Å²) in [6.45, 7) is 3.01. The zero-order valence-electron chi connectivity index (χ0n) is 14.3. The van der Waals surface area contributed by atoms with E-state index in [4.69, 9.17) is 0 Å². The molecule has 5 nitrogen and oxygen atoms in total. The van der Waals surface area contributed by atoms with Gasteiger partial charge in [0.15, 0.2) is 0 Å². The maximum absolute atomic E-state index is 13.1. The third-order valence-electron chi connectivity index (χ3n) is 4.36. The van der Waals surface area contributed by atoms with E-state index in [0.717, 1.165) is 32.1 Å². The molecule has 0 spiro atoms. The number of amides is 2. The van der Waals surface area contributed by atoms with E-state index in [1.807, 2.05) is 0 Å². The average Bonchev–Trinajstić information content (AvgIpc) is 2.61. The van der Waals surface area contributed by atoms with Gasteiger partial charge < -0.3 is 10.2 Å². The maximum atomic E-state index is 13.1. The fourth-order valence-electron chi connectivity index (χ4n) is 3.15. The number of nitrogens with one attached hydrogen (secondary N) is 1. The van der Waals surface area contributed by atoms with Crippen LogP contribution >= 0.6 is 0 Å². The van der Waals surface area contributed by atoms with Crippen LogP contribution in [-0.4, -0.2) is 40.5 Å². The number of hydrogen-bond acceptors (Lipinski definition) is 3. The molecule has 8 heteroatoms. The van der Waals surface area contributed by atoms with Crippen molar-refractivity contribution in [3.63, 3.8) is 0 Å². The van der Waals surface area contributed by atoms with Gasteiger partial charge in [-0.1, -0.05) is 25.3 Å². The molecule has 0 radical (unpaired) electrons. The van der Waals surface area contributed by atoms with Crippen LogP contribution in [-0.2, 0) is 9.59 Å². The Morgan fingerprint density at radius 1 is 1.27 bits per heavy atom. The zero-order chi connectivity index (χ0) is 19.2. The monoisotopic (exact) mass is 369 g/mol. The van der Waals surface area contributed by atoms with E-state index in [2.05, 4.69) is 16.9 Å². The Morgan fingerprint density at radius 2 is 1.88 bits per heavy atom. The molecule has 1 fully saturated rings. The minimum atomic E-state index is -5.08. The smallest absolute Gasteiger partial charge is 0.351 e. The van der Waals surface area contributed by atoms with Crippen LogP contribution in [0, 0.1) is 0 Å². The molecule has 1 saturated carbocycles. The van der Waals surface area contributed by atoms with E-state index < -0.39 is 30.6 Å². The summed E-state index contributed by atoms with van der Waals surface area (Å²) in [5.41, 5.74) is 0.271. The molecule has 1 aromatic rings. The Kier molecular flexibility index (Phi) is 6.76. The van der Waals surface area contributed by atoms with E-state index >= 15 is 0 Å². The van der Waals surface area contributed by atoms with E-state index in [-0.39, 0.29) is 11.6 Å². The first-order valence-corrected chi connectivity index (χ1v) is 8.53. The Labute approximate surface area is 150 Å². The summed E-state index contributed by atoms with van der Waals surface area (Å²) < 4.78 is 39.2. The van der Waals surface area contributed by atoms with Gasteiger partial charge in [0.1, 0.15) is 6.04 Å². The van der Waals surface area contributed by atoms with E-state index in [9.17, 15) is 22.8 Å². The molecule has 1 aromatic heterocycles. The Hall–Kier alpha value is -2.38. The predicted octanol–water partition coefficient (Wildman–Crippen LogP) is 3.15. The first-order chi connectivity index (χ1) is 12.3. The lowest BCUT2D eigenvalue weighted by molar-refractivity contribution is -0.188. The number of rotatable bonds is 6. The van der Waals surface area contributed by atoms with Crippen molar-refractivity contribution in [2.45, 2.75) is 50.4 Å². The maximum Gasteiger partial charge on any atom is 0.471 e. The molecule has 1 heterocycles. The van der Waals surface area contributed by atoms with E-state index in [1.54, 1.807) is 0 Å². The number of carbonyl (C=O) groups excluding carboxylic acids is 2. The van der Waals surface area contributed by atoms with Crippen LogP contribution in [0.15, 0.2) is 37.2 Å². The molecule has 1 atom stereocenters. The van der Waals surface area contributed by atoms with Gasteiger partial charge in [-0.3, -0.25) is 14.6 Å². The van der Waals surface area contributed by atoms with Crippen molar-refractivity contribution in [1.82, 2.24) is 15.2 Å². The number of halogens is 3. The largest absolute Gasteiger partial charge is 0.471 e. The van der Waals surface area contributed by atoms with Crippen molar-refractivity contribution in [2.75, 3.05) is 6.54 Å². The number of alkyl halides is 3. The van der Waals surface area contributed by atoms with Gasteiger partial charge in [-0.05, 0) is 30.5 Å². The second-order valence-corrected chi connectivity index (χ2v) is 6.27. The predicted molar refractivity (Wildman–Crippen MR) is 90.0 cm³/mol. The highest BCUT2D eigenvalue weighted by Crippen LogP contribution is 2.28. The number of nitrogens with zero attached hydrogens (tertiary/aromatic N) is 2. The highest BCUT2D eigenvalue weighted by atomic mass is 19.4. The molecule has 1 N–H and O–H groups in total. The van der Waals surface area contributed by atoms with Crippen LogP contribution in [0.2, 0.25) is 0 Å². The summed E-state index contributed by atoms with van der Waals surface area (Å²) in [6.07, 6.45) is 3.40. The molecule has 0 aliphatic heterocycles. The van der Waals surface area contributed by atoms with Crippen LogP contribution in [0.3, 0.4) is 0 Å². The fraction of sp³-hybridized carbons (Fsp3) is 0.500. The normalized spacial score (nSPS) is 16.6. The third kappa shape index (κ3) is 5.06. The number of pyridine rings is 1. The molecule has 1 aliphatic carbocycles. The molecule has 0 aromatic carbocycles. The van der Waals surface area contributed by atoms with Crippen LogP contribution in [0.5, 0.6) is 0 Å². The Morgan fingerprint density at radius 3 is 2.42 bits per heavy atom. The van der Waals surface area contributed by atoms with Crippen molar-refractivity contribution in [3.05, 3.63) is 42.7 Å². The number of hydrogen-bond donors (Lipinski definition) is 1. The van der Waals surface area contributed by atoms with Crippen LogP contribution in [0.25, 0.3) is 0 Å². The van der Waals surface area contributed by atoms with Gasteiger partial charge in [0.05, 0.1) is 0 Å². The topological polar surface area (TPSA) is 62.3 Å². The molecule has 0 unspecified atom stereocenters. The second kappa shape index (κ2) is 8.82. The first-order valence-electron chi connectivity index (χ1n) is 8.53. The highest BCUT2D eigenvalue weighted by molar-refractivity contribution is 5.91. The van der Waals surface area contributed by atoms with Crippen LogP contribution in [0.4, 0.5) is 13.2 Å². The molecular weight excluding hydrogens is 347 g/mol. The summed E-state index contributed by atoms with van der Waals surface area (Å²) in [5, 5.41) is 2.81. The van der Waals surface area contributed by atoms with Crippen LogP contribution < -0.4 is 5.32 Å². The minimum absolute atomic E-state index is 0.0906. The lowest BCUT2D eigenvalue weighted by atomic mass is 9.94. The molecule has 26 heavy (non-hydrogen) atoms. The van der Waals surface area contributed by atoms with Gasteiger partial charge in [0.25, 0.3) is 0 Å². The highest BCUT2D eigenvalue weighted by Gasteiger charge is 2.46. The fourth-order valence-corrected chi connectivity index (χ4v) is 3.15. The quantitative estimate of drug-likeness (QED) is 0.784. The SMILES string of the molecule is C=CCN(C(=O)C(F)(F)F)[C@@H](C(=O)NC1CCCCC1)c1ccncc1. The van der Waals surface area contributed by atoms with Gasteiger partial charge >= 0.3 is 12.1 Å². The summed E-state index contributed by atoms with van der Waals surface area (Å²) in [7, 11) is 0. The van der Waals surface area contributed by atoms with Crippen molar-refractivity contribution >= 4 is 11.8 Å². The first kappa shape index (κ1) is 19.9. The summed E-state index contributed by atoms with van der Waals surface area (Å²) >= 11 is 0. The molecule has 2 rings (SSSR count). The molecule has 0 bridgehead atoms. The lowest BCUT2D eigenvalue weighted by Gasteiger charge is -2.33. The molecule has 2 amide bonds. The van der Waals surface area contributed by atoms with Gasteiger partial charge in [-0.2, -0.15) is 13.2 Å². The Balaban J connectivity index is 2.33. The summed E-state index contributed by atoms with van der Waals surface area (Å²) in [5.74, 6) is -2.69. The molecule has 142 valence electrons. The molecule has 0 saturated heterocycles. The number of aromatic nitrogens is 1. The van der Waals surface area contributed by atoms with Gasteiger partial charge in [0, 0.05) is 25.0 Å². The van der Waals surface area contributed by atoms with Gasteiger partial charge in [0.2, 0.25) is 5.91 Å². The Bertz CT molecular complexity index is 628. The van der Waals surface area contributed by atoms with Crippen molar-refractivity contribution in [3.8, 4) is 0 Å². The lowest BCUT2D eigenvalue weighted by Crippen LogP contribution is -2.50. The van der Waals surface area contributed by atoms with Gasteiger partial charge in [-0.15, -0.1) is 6.58 Å². The van der Waals surface area contributed by atoms with Gasteiger partial charge in [-0.25, -0.2) is 0 Å². The van der Waals surface area contributed by atoms with E-state index in [0.29, 0.717) is 4.90 Å². The standard InChI is InChI=1S/C18H22F3N3O2/c1-2-12-24(17(26)18(19,20)21)15(13-8-10-22-11-9-13)16(25)23-14-6-4-3-5-7-14/h2,8-11,14-15H,1,3-7,12H2,(H,23,25)/t15-/m1/s1. The minimum Gasteiger partial charge on any atom is -0.351 e. The zero-order valence-corrected chi connectivity index (χ0v) is 14.3. The summed E-state index contributed by atoms with van der Waals surface area (Å²) in [4.78, 5) is 29.1. The number of carbonyl (C=O) groups is 2. The van der Waals surface area contributed by atoms with Crippen molar-refractivity contribution < 1.29 is 22.8 Å². The second-order valence-electron chi connectivity index (χ2n) is 6.27. The van der Waals surface area contributed by atoms with Crippen LogP contribution in [0.1, 0.15) is 43.7 Å². The average molecular weight is 369 g/mol. The summed E-state index contributed by atoms with van der Waals surface area (Å²) in [6, 6.07) is 1.38. The van der Waals surface area contributed by atoms with Crippen molar-refractivity contribution in [1.29, 1.82) is 0 Å². The van der Waals surface area contributed by atoms with Crippen molar-refractivity contribution in [2.24, 2.45) is 0 Å².